The summed E-state index contributed by atoms with van der Waals surface area (Å²) >= 11 is 3.17. The highest BCUT2D eigenvalue weighted by Crippen LogP contribution is 2.28. The van der Waals surface area contributed by atoms with Crippen molar-refractivity contribution in [2.75, 3.05) is 13.1 Å². The van der Waals surface area contributed by atoms with Gasteiger partial charge in [-0.2, -0.15) is 0 Å². The van der Waals surface area contributed by atoms with E-state index in [1.165, 1.54) is 11.3 Å². The summed E-state index contributed by atoms with van der Waals surface area (Å²) in [7, 11) is 0. The zero-order chi connectivity index (χ0) is 12.3. The van der Waals surface area contributed by atoms with Gasteiger partial charge in [0.1, 0.15) is 10.7 Å². The first-order valence-corrected chi connectivity index (χ1v) is 7.30. The number of rotatable bonds is 4. The van der Waals surface area contributed by atoms with Gasteiger partial charge >= 0.3 is 0 Å². The molecule has 0 aliphatic heterocycles. The summed E-state index contributed by atoms with van der Waals surface area (Å²) in [6.45, 7) is 5.41. The molecule has 17 heavy (non-hydrogen) atoms. The normalized spacial score (nSPS) is 10.5. The molecule has 0 radical (unpaired) electrons. The second kappa shape index (κ2) is 5.42. The lowest BCUT2D eigenvalue weighted by Gasteiger charge is -2.16. The monoisotopic (exact) mass is 266 g/mol. The van der Waals surface area contributed by atoms with E-state index in [1.807, 2.05) is 36.7 Å². The molecule has 0 N–H and O–H groups in total. The van der Waals surface area contributed by atoms with Gasteiger partial charge in [-0.15, -0.1) is 22.7 Å². The van der Waals surface area contributed by atoms with Crippen LogP contribution in [0.15, 0.2) is 22.9 Å². The first kappa shape index (κ1) is 12.3. The van der Waals surface area contributed by atoms with Crippen LogP contribution in [0.5, 0.6) is 0 Å². The van der Waals surface area contributed by atoms with Crippen molar-refractivity contribution in [1.29, 1.82) is 0 Å². The van der Waals surface area contributed by atoms with Crippen molar-refractivity contribution in [2.24, 2.45) is 0 Å². The van der Waals surface area contributed by atoms with Crippen LogP contribution in [0.1, 0.15) is 24.3 Å². The third-order valence-electron chi connectivity index (χ3n) is 2.51. The molecule has 3 nitrogen and oxygen atoms in total. The molecule has 0 aliphatic carbocycles. The topological polar surface area (TPSA) is 33.2 Å². The van der Waals surface area contributed by atoms with Gasteiger partial charge in [0.05, 0.1) is 4.88 Å². The van der Waals surface area contributed by atoms with Gasteiger partial charge in [-0.05, 0) is 25.3 Å². The van der Waals surface area contributed by atoms with Crippen LogP contribution in [-0.4, -0.2) is 28.9 Å². The highest BCUT2D eigenvalue weighted by Gasteiger charge is 2.16. The molecule has 2 aromatic rings. The lowest BCUT2D eigenvalue weighted by molar-refractivity contribution is 0.0768. The largest absolute Gasteiger partial charge is 0.338 e. The van der Waals surface area contributed by atoms with Crippen molar-refractivity contribution >= 4 is 28.6 Å². The van der Waals surface area contributed by atoms with Gasteiger partial charge in [-0.1, -0.05) is 6.07 Å². The van der Waals surface area contributed by atoms with Crippen molar-refractivity contribution in [3.63, 3.8) is 0 Å². The molecule has 0 saturated heterocycles. The molecule has 0 saturated carbocycles. The molecule has 0 fully saturated rings. The Morgan fingerprint density at radius 1 is 1.35 bits per heavy atom. The maximum absolute atomic E-state index is 12.1. The van der Waals surface area contributed by atoms with Gasteiger partial charge in [-0.3, -0.25) is 4.79 Å². The number of nitrogens with zero attached hydrogens (tertiary/aromatic N) is 2. The van der Waals surface area contributed by atoms with Crippen LogP contribution in [-0.2, 0) is 0 Å². The Hall–Kier alpha value is -1.20. The minimum atomic E-state index is 0.0223. The molecule has 2 heterocycles. The molecule has 90 valence electrons. The minimum absolute atomic E-state index is 0.0223. The standard InChI is InChI=1S/C12H14N2OS2/c1-3-14(4-2)12(15)9-8-17-11(13-9)10-6-5-7-16-10/h5-8H,3-4H2,1-2H3. The second-order valence-electron chi connectivity index (χ2n) is 3.49. The SMILES string of the molecule is CCN(CC)C(=O)c1csc(-c2cccs2)n1. The predicted octanol–water partition coefficient (Wildman–Crippen LogP) is 3.35. The highest BCUT2D eigenvalue weighted by atomic mass is 32.1. The van der Waals surface area contributed by atoms with E-state index in [0.717, 1.165) is 23.0 Å². The molecule has 0 aromatic carbocycles. The molecular weight excluding hydrogens is 252 g/mol. The Labute approximate surface area is 109 Å². The molecule has 0 bridgehead atoms. The molecule has 0 spiro atoms. The lowest BCUT2D eigenvalue weighted by Crippen LogP contribution is -2.30. The van der Waals surface area contributed by atoms with E-state index in [2.05, 4.69) is 4.98 Å². The third-order valence-corrected chi connectivity index (χ3v) is 4.39. The van der Waals surface area contributed by atoms with Crippen molar-refractivity contribution < 1.29 is 4.79 Å². The maximum Gasteiger partial charge on any atom is 0.273 e. The number of aromatic nitrogens is 1. The van der Waals surface area contributed by atoms with Crippen LogP contribution in [0.2, 0.25) is 0 Å². The van der Waals surface area contributed by atoms with E-state index in [1.54, 1.807) is 16.2 Å². The van der Waals surface area contributed by atoms with Crippen LogP contribution in [0, 0.1) is 0 Å². The Bertz CT molecular complexity index is 486. The summed E-state index contributed by atoms with van der Waals surface area (Å²) in [6, 6.07) is 4.02. The van der Waals surface area contributed by atoms with Crippen LogP contribution in [0.25, 0.3) is 9.88 Å². The van der Waals surface area contributed by atoms with Crippen molar-refractivity contribution in [1.82, 2.24) is 9.88 Å². The Balaban J connectivity index is 2.21. The minimum Gasteiger partial charge on any atom is -0.338 e. The number of thiazole rings is 1. The molecule has 0 atom stereocenters. The maximum atomic E-state index is 12.1. The van der Waals surface area contributed by atoms with Crippen molar-refractivity contribution in [3.05, 3.63) is 28.6 Å². The van der Waals surface area contributed by atoms with Gasteiger partial charge < -0.3 is 4.90 Å². The number of carbonyl (C=O) groups is 1. The average molecular weight is 266 g/mol. The van der Waals surface area contributed by atoms with E-state index in [-0.39, 0.29) is 5.91 Å². The fraction of sp³-hybridized carbons (Fsp3) is 0.333. The van der Waals surface area contributed by atoms with Crippen LogP contribution < -0.4 is 0 Å². The number of hydrogen-bond acceptors (Lipinski definition) is 4. The Kier molecular flexibility index (Phi) is 3.91. The van der Waals surface area contributed by atoms with Crippen molar-refractivity contribution in [2.45, 2.75) is 13.8 Å². The Morgan fingerprint density at radius 2 is 2.12 bits per heavy atom. The van der Waals surface area contributed by atoms with Gasteiger partial charge in [-0.25, -0.2) is 4.98 Å². The van der Waals surface area contributed by atoms with Crippen LogP contribution in [0.4, 0.5) is 0 Å². The predicted molar refractivity (Wildman–Crippen MR) is 72.7 cm³/mol. The summed E-state index contributed by atoms with van der Waals surface area (Å²) in [6.07, 6.45) is 0. The summed E-state index contributed by atoms with van der Waals surface area (Å²) in [4.78, 5) is 19.4. The van der Waals surface area contributed by atoms with E-state index >= 15 is 0 Å². The van der Waals surface area contributed by atoms with Gasteiger partial charge in [0, 0.05) is 18.5 Å². The molecule has 0 aliphatic rings. The van der Waals surface area contributed by atoms with Gasteiger partial charge in [0.2, 0.25) is 0 Å². The van der Waals surface area contributed by atoms with Crippen molar-refractivity contribution in [3.8, 4) is 9.88 Å². The van der Waals surface area contributed by atoms with Gasteiger partial charge in [0.25, 0.3) is 5.91 Å². The number of hydrogen-bond donors (Lipinski definition) is 0. The summed E-state index contributed by atoms with van der Waals surface area (Å²) in [5.41, 5.74) is 0.558. The molecule has 2 rings (SSSR count). The summed E-state index contributed by atoms with van der Waals surface area (Å²) in [5, 5.41) is 4.79. The molecule has 1 amide bonds. The summed E-state index contributed by atoms with van der Waals surface area (Å²) in [5.74, 6) is 0.0223. The zero-order valence-corrected chi connectivity index (χ0v) is 11.5. The lowest BCUT2D eigenvalue weighted by atomic mass is 10.4. The van der Waals surface area contributed by atoms with E-state index in [0.29, 0.717) is 5.69 Å². The Morgan fingerprint density at radius 3 is 2.71 bits per heavy atom. The number of thiophene rings is 1. The molecule has 5 heteroatoms. The molecule has 0 unspecified atom stereocenters. The third kappa shape index (κ3) is 2.56. The van der Waals surface area contributed by atoms with Crippen LogP contribution in [0.3, 0.4) is 0 Å². The molecule has 2 aromatic heterocycles. The van der Waals surface area contributed by atoms with E-state index in [4.69, 9.17) is 0 Å². The highest BCUT2D eigenvalue weighted by molar-refractivity contribution is 7.20. The fourth-order valence-electron chi connectivity index (χ4n) is 1.56. The quantitative estimate of drug-likeness (QED) is 0.850. The number of carbonyl (C=O) groups excluding carboxylic acids is 1. The van der Waals surface area contributed by atoms with Crippen LogP contribution >= 0.6 is 22.7 Å². The van der Waals surface area contributed by atoms with E-state index in [9.17, 15) is 4.79 Å². The smallest absolute Gasteiger partial charge is 0.273 e. The average Bonchev–Trinajstić information content (AvgIpc) is 3.01. The summed E-state index contributed by atoms with van der Waals surface area (Å²) < 4.78 is 0. The first-order valence-electron chi connectivity index (χ1n) is 5.55. The second-order valence-corrected chi connectivity index (χ2v) is 5.30. The van der Waals surface area contributed by atoms with E-state index < -0.39 is 0 Å². The fourth-order valence-corrected chi connectivity index (χ4v) is 3.17. The first-order chi connectivity index (χ1) is 8.26. The van der Waals surface area contributed by atoms with Gasteiger partial charge in [0.15, 0.2) is 0 Å². The number of amides is 1. The molecular formula is C12H14N2OS2. The zero-order valence-electron chi connectivity index (χ0n) is 9.84.